The molecule has 0 bridgehead atoms. The molecule has 0 spiro atoms. The molecule has 0 atom stereocenters. The van der Waals surface area contributed by atoms with Crippen LogP contribution < -0.4 is 10.1 Å². The largest absolute Gasteiger partial charge is 0.454 e. The Morgan fingerprint density at radius 1 is 1.10 bits per heavy atom. The van der Waals surface area contributed by atoms with Gasteiger partial charge in [-0.3, -0.25) is 0 Å². The number of para-hydroxylation sites is 1. The number of benzene rings is 2. The average molecular weight is 352 g/mol. The van der Waals surface area contributed by atoms with Crippen molar-refractivity contribution in [2.75, 3.05) is 0 Å². The lowest BCUT2D eigenvalue weighted by Gasteiger charge is -2.21. The van der Waals surface area contributed by atoms with E-state index in [9.17, 15) is 4.39 Å². The highest BCUT2D eigenvalue weighted by molar-refractivity contribution is 9.10. The fraction of sp³-hybridized carbons (Fsp3) is 0.294. The van der Waals surface area contributed by atoms with Crippen LogP contribution in [0.5, 0.6) is 11.5 Å². The van der Waals surface area contributed by atoms with Gasteiger partial charge in [0.05, 0.1) is 0 Å². The monoisotopic (exact) mass is 351 g/mol. The Bertz CT molecular complexity index is 622. The highest BCUT2D eigenvalue weighted by Gasteiger charge is 2.12. The summed E-state index contributed by atoms with van der Waals surface area (Å²) in [5.41, 5.74) is 1.01. The van der Waals surface area contributed by atoms with Crippen LogP contribution in [0.25, 0.3) is 0 Å². The summed E-state index contributed by atoms with van der Waals surface area (Å²) in [4.78, 5) is 0. The molecule has 0 aliphatic carbocycles. The molecule has 0 amide bonds. The Balaban J connectivity index is 2.20. The minimum absolute atomic E-state index is 0.00989. The Morgan fingerprint density at radius 3 is 2.48 bits per heavy atom. The first-order valence-electron chi connectivity index (χ1n) is 6.81. The van der Waals surface area contributed by atoms with E-state index in [1.807, 2.05) is 24.3 Å². The van der Waals surface area contributed by atoms with Crippen LogP contribution in [-0.2, 0) is 6.54 Å². The van der Waals surface area contributed by atoms with Crippen molar-refractivity contribution < 1.29 is 9.13 Å². The first kappa shape index (κ1) is 16.0. The molecule has 112 valence electrons. The van der Waals surface area contributed by atoms with E-state index in [4.69, 9.17) is 4.74 Å². The van der Waals surface area contributed by atoms with Crippen molar-refractivity contribution in [3.05, 3.63) is 58.3 Å². The smallest absolute Gasteiger partial charge is 0.166 e. The van der Waals surface area contributed by atoms with Gasteiger partial charge in [0.2, 0.25) is 0 Å². The van der Waals surface area contributed by atoms with E-state index in [0.717, 1.165) is 5.56 Å². The van der Waals surface area contributed by atoms with E-state index < -0.39 is 0 Å². The molecular weight excluding hydrogens is 333 g/mol. The minimum atomic E-state index is -0.386. The normalized spacial score (nSPS) is 11.5. The van der Waals surface area contributed by atoms with Crippen LogP contribution in [0.4, 0.5) is 4.39 Å². The third-order valence-electron chi connectivity index (χ3n) is 2.90. The van der Waals surface area contributed by atoms with Gasteiger partial charge in [0, 0.05) is 22.1 Å². The number of nitrogens with one attached hydrogen (secondary N) is 1. The van der Waals surface area contributed by atoms with E-state index >= 15 is 0 Å². The van der Waals surface area contributed by atoms with Gasteiger partial charge in [0.15, 0.2) is 11.6 Å². The molecule has 0 aliphatic rings. The topological polar surface area (TPSA) is 21.3 Å². The van der Waals surface area contributed by atoms with Gasteiger partial charge in [0.25, 0.3) is 0 Å². The number of halogens is 2. The average Bonchev–Trinajstić information content (AvgIpc) is 2.40. The van der Waals surface area contributed by atoms with Gasteiger partial charge in [-0.1, -0.05) is 34.1 Å². The molecule has 0 saturated heterocycles. The minimum Gasteiger partial charge on any atom is -0.454 e. The molecule has 0 aliphatic heterocycles. The fourth-order valence-corrected chi connectivity index (χ4v) is 2.12. The summed E-state index contributed by atoms with van der Waals surface area (Å²) in [5.74, 6) is 0.500. The SMILES string of the molecule is CC(C)(C)NCc1ccccc1Oc1ccc(Br)cc1F. The summed E-state index contributed by atoms with van der Waals surface area (Å²) in [6, 6.07) is 12.4. The summed E-state index contributed by atoms with van der Waals surface area (Å²) < 4.78 is 20.3. The zero-order valence-electron chi connectivity index (χ0n) is 12.4. The lowest BCUT2D eigenvalue weighted by Crippen LogP contribution is -2.35. The molecule has 1 N–H and O–H groups in total. The third-order valence-corrected chi connectivity index (χ3v) is 3.39. The predicted molar refractivity (Wildman–Crippen MR) is 87.2 cm³/mol. The van der Waals surface area contributed by atoms with Gasteiger partial charge in [-0.05, 0) is 45.0 Å². The van der Waals surface area contributed by atoms with Gasteiger partial charge < -0.3 is 10.1 Å². The second-order valence-corrected chi connectivity index (χ2v) is 6.80. The Kier molecular flexibility index (Phi) is 5.01. The van der Waals surface area contributed by atoms with E-state index in [1.54, 1.807) is 12.1 Å². The first-order valence-corrected chi connectivity index (χ1v) is 7.60. The van der Waals surface area contributed by atoms with Crippen molar-refractivity contribution in [3.63, 3.8) is 0 Å². The first-order chi connectivity index (χ1) is 9.85. The van der Waals surface area contributed by atoms with Gasteiger partial charge in [-0.2, -0.15) is 0 Å². The second-order valence-electron chi connectivity index (χ2n) is 5.89. The molecule has 2 aromatic rings. The zero-order valence-corrected chi connectivity index (χ0v) is 14.0. The molecule has 2 rings (SSSR count). The fourth-order valence-electron chi connectivity index (χ4n) is 1.79. The summed E-state index contributed by atoms with van der Waals surface area (Å²) >= 11 is 3.24. The van der Waals surface area contributed by atoms with Crippen LogP contribution >= 0.6 is 15.9 Å². The molecule has 0 saturated carbocycles. The Morgan fingerprint density at radius 2 is 1.81 bits per heavy atom. The summed E-state index contributed by atoms with van der Waals surface area (Å²) in [5, 5.41) is 3.41. The quantitative estimate of drug-likeness (QED) is 0.810. The molecule has 0 heterocycles. The lowest BCUT2D eigenvalue weighted by atomic mass is 10.1. The lowest BCUT2D eigenvalue weighted by molar-refractivity contribution is 0.407. The van der Waals surface area contributed by atoms with Crippen LogP contribution in [0.1, 0.15) is 26.3 Å². The third kappa shape index (κ3) is 4.83. The van der Waals surface area contributed by atoms with Crippen LogP contribution in [-0.4, -0.2) is 5.54 Å². The standard InChI is InChI=1S/C17H19BrFNO/c1-17(2,3)20-11-12-6-4-5-7-15(12)21-16-9-8-13(18)10-14(16)19/h4-10,20H,11H2,1-3H3. The van der Waals surface area contributed by atoms with Crippen LogP contribution in [0.15, 0.2) is 46.9 Å². The highest BCUT2D eigenvalue weighted by atomic mass is 79.9. The maximum Gasteiger partial charge on any atom is 0.166 e. The molecule has 2 aromatic carbocycles. The maximum absolute atomic E-state index is 13.9. The van der Waals surface area contributed by atoms with E-state index in [2.05, 4.69) is 42.0 Å². The maximum atomic E-state index is 13.9. The molecular formula is C17H19BrFNO. The number of rotatable bonds is 4. The van der Waals surface area contributed by atoms with E-state index in [1.165, 1.54) is 6.07 Å². The molecule has 0 fully saturated rings. The van der Waals surface area contributed by atoms with Crippen molar-refractivity contribution in [2.24, 2.45) is 0 Å². The van der Waals surface area contributed by atoms with Crippen LogP contribution in [0, 0.1) is 5.82 Å². The predicted octanol–water partition coefficient (Wildman–Crippen LogP) is 5.27. The Hall–Kier alpha value is -1.39. The number of hydrogen-bond donors (Lipinski definition) is 1. The van der Waals surface area contributed by atoms with Crippen molar-refractivity contribution in [3.8, 4) is 11.5 Å². The summed E-state index contributed by atoms with van der Waals surface area (Å²) in [6.07, 6.45) is 0. The van der Waals surface area contributed by atoms with E-state index in [-0.39, 0.29) is 17.1 Å². The van der Waals surface area contributed by atoms with Gasteiger partial charge in [-0.25, -0.2) is 4.39 Å². The van der Waals surface area contributed by atoms with Gasteiger partial charge in [-0.15, -0.1) is 0 Å². The van der Waals surface area contributed by atoms with Gasteiger partial charge in [0.1, 0.15) is 5.75 Å². The molecule has 0 unspecified atom stereocenters. The number of hydrogen-bond acceptors (Lipinski definition) is 2. The van der Waals surface area contributed by atoms with E-state index in [0.29, 0.717) is 16.8 Å². The van der Waals surface area contributed by atoms with Crippen molar-refractivity contribution in [1.29, 1.82) is 0 Å². The summed E-state index contributed by atoms with van der Waals surface area (Å²) in [6.45, 7) is 6.97. The Labute approximate surface area is 133 Å². The highest BCUT2D eigenvalue weighted by Crippen LogP contribution is 2.29. The number of ether oxygens (including phenoxy) is 1. The van der Waals surface area contributed by atoms with Crippen molar-refractivity contribution in [2.45, 2.75) is 32.9 Å². The van der Waals surface area contributed by atoms with Crippen molar-refractivity contribution in [1.82, 2.24) is 5.32 Å². The molecule has 4 heteroatoms. The second kappa shape index (κ2) is 6.58. The summed E-state index contributed by atoms with van der Waals surface area (Å²) in [7, 11) is 0. The van der Waals surface area contributed by atoms with Crippen molar-refractivity contribution >= 4 is 15.9 Å². The van der Waals surface area contributed by atoms with Gasteiger partial charge >= 0.3 is 0 Å². The molecule has 2 nitrogen and oxygen atoms in total. The zero-order chi connectivity index (χ0) is 15.5. The van der Waals surface area contributed by atoms with Crippen LogP contribution in [0.2, 0.25) is 0 Å². The molecule has 21 heavy (non-hydrogen) atoms. The molecule has 0 radical (unpaired) electrons. The molecule has 0 aromatic heterocycles. The van der Waals surface area contributed by atoms with Crippen LogP contribution in [0.3, 0.4) is 0 Å².